The summed E-state index contributed by atoms with van der Waals surface area (Å²) in [6, 6.07) is -0.645. The fraction of sp³-hybridized carbons (Fsp3) is 0.852. The molecule has 0 heterocycles. The van der Waals surface area contributed by atoms with Crippen LogP contribution < -0.4 is 5.32 Å². The van der Waals surface area contributed by atoms with Gasteiger partial charge in [-0.15, -0.1) is 0 Å². The number of hydrogen-bond acceptors (Lipinski definition) is 3. The molecule has 0 aromatic heterocycles. The number of rotatable bonds is 54. The van der Waals surface area contributed by atoms with Crippen LogP contribution in [-0.2, 0) is 4.79 Å². The number of hydrogen-bond donors (Lipinski definition) is 3. The van der Waals surface area contributed by atoms with E-state index in [1.807, 2.05) is 6.08 Å². The van der Waals surface area contributed by atoms with E-state index in [-0.39, 0.29) is 12.5 Å². The minimum atomic E-state index is -0.869. The van der Waals surface area contributed by atoms with Crippen LogP contribution in [-0.4, -0.2) is 34.9 Å². The molecule has 0 fully saturated rings. The molecule has 0 saturated carbocycles. The summed E-state index contributed by atoms with van der Waals surface area (Å²) in [6.45, 7) is 4.29. The van der Waals surface area contributed by atoms with Gasteiger partial charge in [0, 0.05) is 6.42 Å². The highest BCUT2D eigenvalue weighted by molar-refractivity contribution is 5.76. The molecule has 0 aliphatic heterocycles. The number of aliphatic hydroxyl groups is 2. The van der Waals surface area contributed by atoms with Gasteiger partial charge in [0.05, 0.1) is 18.8 Å². The number of carbonyl (C=O) groups excluding carboxylic acids is 1. The third-order valence-electron chi connectivity index (χ3n) is 13.5. The van der Waals surface area contributed by atoms with Crippen LogP contribution in [0.5, 0.6) is 0 Å². The van der Waals surface area contributed by atoms with Crippen molar-refractivity contribution in [3.05, 3.63) is 48.6 Å². The van der Waals surface area contributed by atoms with Gasteiger partial charge in [-0.05, 0) is 70.6 Å². The number of nitrogens with one attached hydrogen (secondary N) is 1. The molecule has 0 aromatic rings. The molecular weight excluding hydrogens is 795 g/mol. The van der Waals surface area contributed by atoms with E-state index in [4.69, 9.17) is 0 Å². The lowest BCUT2D eigenvalue weighted by molar-refractivity contribution is -0.123. The van der Waals surface area contributed by atoms with E-state index in [9.17, 15) is 15.0 Å². The van der Waals surface area contributed by atoms with E-state index >= 15 is 0 Å². The van der Waals surface area contributed by atoms with Crippen molar-refractivity contribution >= 4 is 5.91 Å². The lowest BCUT2D eigenvalue weighted by atomic mass is 10.0. The minimum absolute atomic E-state index is 0.0753. The second-order valence-electron chi connectivity index (χ2n) is 20.0. The molecular formula is C61H115NO3. The highest BCUT2D eigenvalue weighted by atomic mass is 16.3. The van der Waals surface area contributed by atoms with Crippen LogP contribution in [0.2, 0.25) is 0 Å². The van der Waals surface area contributed by atoms with Crippen LogP contribution in [0.15, 0.2) is 48.6 Å². The third kappa shape index (κ3) is 53.2. The molecule has 65 heavy (non-hydrogen) atoms. The van der Waals surface area contributed by atoms with E-state index in [2.05, 4.69) is 55.6 Å². The van der Waals surface area contributed by atoms with Gasteiger partial charge in [0.2, 0.25) is 5.91 Å². The quantitative estimate of drug-likeness (QED) is 0.0421. The van der Waals surface area contributed by atoms with Crippen molar-refractivity contribution in [1.82, 2.24) is 5.32 Å². The Balaban J connectivity index is 3.41. The summed E-state index contributed by atoms with van der Waals surface area (Å²) >= 11 is 0. The lowest BCUT2D eigenvalue weighted by Crippen LogP contribution is -2.45. The second kappa shape index (κ2) is 56.7. The Morgan fingerprint density at radius 2 is 0.600 bits per heavy atom. The molecule has 0 radical (unpaired) electrons. The van der Waals surface area contributed by atoms with E-state index in [1.165, 1.54) is 257 Å². The van der Waals surface area contributed by atoms with Gasteiger partial charge in [-0.3, -0.25) is 4.79 Å². The average Bonchev–Trinajstić information content (AvgIpc) is 3.31. The summed E-state index contributed by atoms with van der Waals surface area (Å²) in [5.74, 6) is -0.0753. The van der Waals surface area contributed by atoms with Crippen molar-refractivity contribution in [2.75, 3.05) is 6.61 Å². The van der Waals surface area contributed by atoms with Gasteiger partial charge >= 0.3 is 0 Å². The van der Waals surface area contributed by atoms with Crippen LogP contribution in [0.4, 0.5) is 0 Å². The van der Waals surface area contributed by atoms with Crippen molar-refractivity contribution in [2.45, 2.75) is 328 Å². The van der Waals surface area contributed by atoms with Crippen molar-refractivity contribution in [2.24, 2.45) is 0 Å². The van der Waals surface area contributed by atoms with Crippen LogP contribution in [0.1, 0.15) is 316 Å². The molecule has 0 spiro atoms. The highest BCUT2D eigenvalue weighted by Gasteiger charge is 2.18. The van der Waals surface area contributed by atoms with Gasteiger partial charge in [0.15, 0.2) is 0 Å². The fourth-order valence-electron chi connectivity index (χ4n) is 9.03. The van der Waals surface area contributed by atoms with E-state index < -0.39 is 12.1 Å². The molecule has 0 rings (SSSR count). The Labute approximate surface area is 407 Å². The Hall–Kier alpha value is -1.65. The fourth-order valence-corrected chi connectivity index (χ4v) is 9.03. The summed E-state index contributed by atoms with van der Waals surface area (Å²) in [6.07, 6.45) is 78.8. The SMILES string of the molecule is CCCCCC/C=C/CC/C=C/CC/C=C/C(O)C(CO)NC(=O)CCCCCCCCCCCCCCCCCCC/C=C\CCCCCCCCCCCCCCCCCCCC. The topological polar surface area (TPSA) is 69.6 Å². The number of unbranched alkanes of at least 4 members (excludes halogenated alkanes) is 41. The summed E-state index contributed by atoms with van der Waals surface area (Å²) in [7, 11) is 0. The first-order valence-electron chi connectivity index (χ1n) is 29.4. The zero-order chi connectivity index (χ0) is 47.0. The summed E-state index contributed by atoms with van der Waals surface area (Å²) in [5.41, 5.74) is 0. The Bertz CT molecular complexity index is 1030. The first-order valence-corrected chi connectivity index (χ1v) is 29.4. The highest BCUT2D eigenvalue weighted by Crippen LogP contribution is 2.17. The first kappa shape index (κ1) is 63.4. The van der Waals surface area contributed by atoms with Crippen LogP contribution in [0, 0.1) is 0 Å². The third-order valence-corrected chi connectivity index (χ3v) is 13.5. The molecule has 2 atom stereocenters. The summed E-state index contributed by atoms with van der Waals surface area (Å²) < 4.78 is 0. The predicted octanol–water partition coefficient (Wildman–Crippen LogP) is 19.4. The monoisotopic (exact) mass is 910 g/mol. The molecule has 382 valence electrons. The van der Waals surface area contributed by atoms with E-state index in [1.54, 1.807) is 6.08 Å². The normalized spacial score (nSPS) is 13.1. The van der Waals surface area contributed by atoms with Crippen molar-refractivity contribution in [1.29, 1.82) is 0 Å². The van der Waals surface area contributed by atoms with E-state index in [0.29, 0.717) is 6.42 Å². The van der Waals surface area contributed by atoms with Gasteiger partial charge in [0.1, 0.15) is 0 Å². The van der Waals surface area contributed by atoms with Crippen molar-refractivity contribution in [3.8, 4) is 0 Å². The molecule has 3 N–H and O–H groups in total. The largest absolute Gasteiger partial charge is 0.394 e. The standard InChI is InChI=1S/C61H115NO3/c1-3-5-7-9-11-13-15-17-19-20-21-22-23-24-25-26-27-28-29-30-31-32-33-34-35-36-37-38-39-40-41-42-43-45-47-49-51-53-55-57-61(65)62-59(58-63)60(64)56-54-52-50-48-46-44-18-16-14-12-10-8-6-4-2/h14,16,30-31,46,48,54,56,59-60,63-64H,3-13,15,17-29,32-45,47,49-53,55,57-58H2,1-2H3,(H,62,65)/b16-14+,31-30-,48-46+,56-54+. The van der Waals surface area contributed by atoms with Crippen molar-refractivity contribution in [3.63, 3.8) is 0 Å². The molecule has 0 saturated heterocycles. The van der Waals surface area contributed by atoms with Gasteiger partial charge in [-0.2, -0.15) is 0 Å². The van der Waals surface area contributed by atoms with Gasteiger partial charge in [-0.25, -0.2) is 0 Å². The average molecular weight is 911 g/mol. The molecule has 2 unspecified atom stereocenters. The van der Waals surface area contributed by atoms with Crippen LogP contribution >= 0.6 is 0 Å². The van der Waals surface area contributed by atoms with Gasteiger partial charge < -0.3 is 15.5 Å². The Kier molecular flexibility index (Phi) is 55.2. The lowest BCUT2D eigenvalue weighted by Gasteiger charge is -2.19. The molecule has 0 aliphatic carbocycles. The van der Waals surface area contributed by atoms with E-state index in [0.717, 1.165) is 38.5 Å². The maximum Gasteiger partial charge on any atom is 0.220 e. The van der Waals surface area contributed by atoms with Crippen molar-refractivity contribution < 1.29 is 15.0 Å². The Morgan fingerprint density at radius 3 is 0.908 bits per heavy atom. The maximum absolute atomic E-state index is 12.4. The summed E-state index contributed by atoms with van der Waals surface area (Å²) in [4.78, 5) is 12.4. The maximum atomic E-state index is 12.4. The predicted molar refractivity (Wildman–Crippen MR) is 290 cm³/mol. The molecule has 0 aliphatic rings. The van der Waals surface area contributed by atoms with Gasteiger partial charge in [0.25, 0.3) is 0 Å². The zero-order valence-electron chi connectivity index (χ0n) is 44.0. The molecule has 1 amide bonds. The molecule has 4 nitrogen and oxygen atoms in total. The number of aliphatic hydroxyl groups excluding tert-OH is 2. The van der Waals surface area contributed by atoms with Gasteiger partial charge in [-0.1, -0.05) is 287 Å². The van der Waals surface area contributed by atoms with Crippen LogP contribution in [0.25, 0.3) is 0 Å². The number of allylic oxidation sites excluding steroid dienone is 7. The van der Waals surface area contributed by atoms with Crippen LogP contribution in [0.3, 0.4) is 0 Å². The first-order chi connectivity index (χ1) is 32.2. The minimum Gasteiger partial charge on any atom is -0.394 e. The second-order valence-corrected chi connectivity index (χ2v) is 20.0. The number of amides is 1. The number of carbonyl (C=O) groups is 1. The Morgan fingerprint density at radius 1 is 0.354 bits per heavy atom. The molecule has 4 heteroatoms. The molecule has 0 bridgehead atoms. The summed E-state index contributed by atoms with van der Waals surface area (Å²) in [5, 5.41) is 23.0. The zero-order valence-corrected chi connectivity index (χ0v) is 44.0. The molecule has 0 aromatic carbocycles. The smallest absolute Gasteiger partial charge is 0.220 e.